The predicted molar refractivity (Wildman–Crippen MR) is 92.9 cm³/mol. The Morgan fingerprint density at radius 3 is 2.79 bits per heavy atom. The number of para-hydroxylation sites is 1. The number of piperidine rings is 1. The molecule has 1 saturated heterocycles. The molecule has 0 bridgehead atoms. The molecule has 0 unspecified atom stereocenters. The van der Waals surface area contributed by atoms with Crippen molar-refractivity contribution in [3.63, 3.8) is 0 Å². The van der Waals surface area contributed by atoms with Crippen molar-refractivity contribution in [3.8, 4) is 0 Å². The number of aromatic nitrogens is 1. The first-order chi connectivity index (χ1) is 11.2. The van der Waals surface area contributed by atoms with E-state index < -0.39 is 0 Å². The summed E-state index contributed by atoms with van der Waals surface area (Å²) in [5, 5.41) is 1.11. The maximum Gasteiger partial charge on any atom is 0.330 e. The summed E-state index contributed by atoms with van der Waals surface area (Å²) in [4.78, 5) is 15.1. The molecule has 130 valence electrons. The number of H-pyrrole nitrogens is 1. The van der Waals surface area contributed by atoms with Crippen molar-refractivity contribution >= 4 is 22.9 Å². The van der Waals surface area contributed by atoms with Gasteiger partial charge in [0.15, 0.2) is 0 Å². The summed E-state index contributed by atoms with van der Waals surface area (Å²) in [5.41, 5.74) is 2.08. The van der Waals surface area contributed by atoms with Crippen molar-refractivity contribution in [3.05, 3.63) is 42.1 Å². The van der Waals surface area contributed by atoms with E-state index in [2.05, 4.69) is 12.0 Å². The van der Waals surface area contributed by atoms with Crippen LogP contribution in [0.4, 0.5) is 0 Å². The van der Waals surface area contributed by atoms with Gasteiger partial charge < -0.3 is 38.2 Å². The highest BCUT2D eigenvalue weighted by Crippen LogP contribution is 2.19. The van der Waals surface area contributed by atoms with Crippen LogP contribution in [0.3, 0.4) is 0 Å². The molecule has 0 spiro atoms. The van der Waals surface area contributed by atoms with Gasteiger partial charge in [-0.15, -0.1) is 0 Å². The Balaban J connectivity index is 0.00000208. The topological polar surface area (TPSA) is 42.1 Å². The maximum absolute atomic E-state index is 11.9. The first kappa shape index (κ1) is 19.0. The van der Waals surface area contributed by atoms with Crippen LogP contribution in [-0.4, -0.2) is 48.7 Å². The normalized spacial score (nSPS) is 16.9. The molecule has 3 rings (SSSR count). The van der Waals surface area contributed by atoms with Crippen molar-refractivity contribution in [1.82, 2.24) is 4.98 Å². The molecule has 1 aromatic carbocycles. The molecule has 2 aromatic rings. The molecule has 5 heteroatoms. The number of hydrogen-bond donors (Lipinski definition) is 1. The third kappa shape index (κ3) is 4.83. The minimum absolute atomic E-state index is 0. The molecular formula is C19H25IN2O2. The van der Waals surface area contributed by atoms with E-state index in [1.54, 1.807) is 0 Å². The fourth-order valence-corrected chi connectivity index (χ4v) is 3.30. The highest BCUT2D eigenvalue weighted by molar-refractivity contribution is 5.93. The van der Waals surface area contributed by atoms with Crippen molar-refractivity contribution in [2.24, 2.45) is 0 Å². The zero-order chi connectivity index (χ0) is 16.1. The molecule has 0 aliphatic carbocycles. The third-order valence-electron chi connectivity index (χ3n) is 4.79. The van der Waals surface area contributed by atoms with Crippen LogP contribution in [0.1, 0.15) is 24.8 Å². The largest absolute Gasteiger partial charge is 1.00 e. The van der Waals surface area contributed by atoms with Gasteiger partial charge in [0, 0.05) is 28.7 Å². The van der Waals surface area contributed by atoms with E-state index in [1.165, 1.54) is 38.4 Å². The number of rotatable bonds is 5. The standard InChI is InChI=1S/C19H24N2O2.HI/c1-21(11-5-2-6-12-21)13-14-23-19(22)10-9-16-15-20-18-8-4-3-7-17(16)18;/h3-4,7-10,15H,2,5-6,11-14H2,1H3;1H. The molecular weight excluding hydrogens is 415 g/mol. The molecule has 1 fully saturated rings. The molecule has 1 aliphatic rings. The molecule has 24 heavy (non-hydrogen) atoms. The number of carbonyl (C=O) groups is 1. The van der Waals surface area contributed by atoms with Crippen molar-refractivity contribution in [2.45, 2.75) is 19.3 Å². The van der Waals surface area contributed by atoms with Gasteiger partial charge in [0.05, 0.1) is 20.1 Å². The summed E-state index contributed by atoms with van der Waals surface area (Å²) in [6.45, 7) is 3.80. The van der Waals surface area contributed by atoms with E-state index in [-0.39, 0.29) is 29.9 Å². The molecule has 1 N–H and O–H groups in total. The Labute approximate surface area is 160 Å². The minimum atomic E-state index is -0.265. The zero-order valence-electron chi connectivity index (χ0n) is 14.1. The van der Waals surface area contributed by atoms with E-state index >= 15 is 0 Å². The minimum Gasteiger partial charge on any atom is -1.00 e. The quantitative estimate of drug-likeness (QED) is 0.316. The Kier molecular flexibility index (Phi) is 6.86. The van der Waals surface area contributed by atoms with Crippen LogP contribution in [0, 0.1) is 0 Å². The van der Waals surface area contributed by atoms with Crippen LogP contribution >= 0.6 is 0 Å². The van der Waals surface area contributed by atoms with Gasteiger partial charge in [-0.25, -0.2) is 4.79 Å². The van der Waals surface area contributed by atoms with Crippen LogP contribution in [0.15, 0.2) is 36.5 Å². The molecule has 1 aromatic heterocycles. The number of likely N-dealkylation sites (tertiary alicyclic amines) is 1. The number of ether oxygens (including phenoxy) is 1. The van der Waals surface area contributed by atoms with Gasteiger partial charge in [-0.3, -0.25) is 0 Å². The average molecular weight is 440 g/mol. The molecule has 0 amide bonds. The first-order valence-corrected chi connectivity index (χ1v) is 8.41. The van der Waals surface area contributed by atoms with Gasteiger partial charge in [-0.2, -0.15) is 0 Å². The van der Waals surface area contributed by atoms with Crippen molar-refractivity contribution in [2.75, 3.05) is 33.3 Å². The second-order valence-electron chi connectivity index (χ2n) is 6.64. The van der Waals surface area contributed by atoms with Gasteiger partial charge in [-0.1, -0.05) is 18.2 Å². The summed E-state index contributed by atoms with van der Waals surface area (Å²) < 4.78 is 6.40. The van der Waals surface area contributed by atoms with Gasteiger partial charge in [-0.05, 0) is 31.4 Å². The Morgan fingerprint density at radius 2 is 2.00 bits per heavy atom. The number of quaternary nitrogens is 1. The number of halogens is 1. The number of fused-ring (bicyclic) bond motifs is 1. The highest BCUT2D eigenvalue weighted by atomic mass is 127. The summed E-state index contributed by atoms with van der Waals surface area (Å²) in [5.74, 6) is -0.265. The average Bonchev–Trinajstić information content (AvgIpc) is 2.97. The van der Waals surface area contributed by atoms with Crippen LogP contribution in [0.5, 0.6) is 0 Å². The molecule has 0 atom stereocenters. The zero-order valence-corrected chi connectivity index (χ0v) is 16.3. The van der Waals surface area contributed by atoms with E-state index in [1.807, 2.05) is 36.5 Å². The highest BCUT2D eigenvalue weighted by Gasteiger charge is 2.24. The predicted octanol–water partition coefficient (Wildman–Crippen LogP) is 0.359. The van der Waals surface area contributed by atoms with Gasteiger partial charge in [0.1, 0.15) is 13.2 Å². The second kappa shape index (κ2) is 8.67. The summed E-state index contributed by atoms with van der Waals surface area (Å²) in [7, 11) is 2.26. The number of nitrogens with one attached hydrogen (secondary N) is 1. The molecule has 0 saturated carbocycles. The van der Waals surface area contributed by atoms with Crippen molar-refractivity contribution < 1.29 is 38.0 Å². The molecule has 4 nitrogen and oxygen atoms in total. The maximum atomic E-state index is 11.9. The first-order valence-electron chi connectivity index (χ1n) is 8.41. The summed E-state index contributed by atoms with van der Waals surface area (Å²) in [6, 6.07) is 8.05. The lowest BCUT2D eigenvalue weighted by Crippen LogP contribution is -3.00. The number of benzene rings is 1. The molecule has 1 aliphatic heterocycles. The van der Waals surface area contributed by atoms with E-state index in [0.717, 1.165) is 27.5 Å². The number of esters is 1. The van der Waals surface area contributed by atoms with Crippen LogP contribution < -0.4 is 24.0 Å². The molecule has 2 heterocycles. The Morgan fingerprint density at radius 1 is 1.25 bits per heavy atom. The van der Waals surface area contributed by atoms with Gasteiger partial charge in [0.25, 0.3) is 0 Å². The number of likely N-dealkylation sites (N-methyl/N-ethyl adjacent to an activating group) is 1. The third-order valence-corrected chi connectivity index (χ3v) is 4.79. The fourth-order valence-electron chi connectivity index (χ4n) is 3.30. The lowest BCUT2D eigenvalue weighted by Gasteiger charge is -2.37. The Bertz CT molecular complexity index is 702. The monoisotopic (exact) mass is 440 g/mol. The lowest BCUT2D eigenvalue weighted by atomic mass is 10.1. The fraction of sp³-hybridized carbons (Fsp3) is 0.421. The van der Waals surface area contributed by atoms with E-state index in [4.69, 9.17) is 4.74 Å². The number of aromatic amines is 1. The smallest absolute Gasteiger partial charge is 0.330 e. The van der Waals surface area contributed by atoms with E-state index in [0.29, 0.717) is 6.61 Å². The van der Waals surface area contributed by atoms with Crippen molar-refractivity contribution in [1.29, 1.82) is 0 Å². The van der Waals surface area contributed by atoms with Crippen LogP contribution in [-0.2, 0) is 9.53 Å². The summed E-state index contributed by atoms with van der Waals surface area (Å²) in [6.07, 6.45) is 9.15. The number of nitrogens with zero attached hydrogens (tertiary/aromatic N) is 1. The Hall–Kier alpha value is -1.34. The van der Waals surface area contributed by atoms with Gasteiger partial charge >= 0.3 is 5.97 Å². The molecule has 0 radical (unpaired) electrons. The van der Waals surface area contributed by atoms with Crippen LogP contribution in [0.2, 0.25) is 0 Å². The SMILES string of the molecule is C[N+]1(CCOC(=O)/C=C/c2c[nH]c3ccccc23)CCCCC1.[I-]. The number of hydrogen-bond acceptors (Lipinski definition) is 2. The van der Waals surface area contributed by atoms with Crippen LogP contribution in [0.25, 0.3) is 17.0 Å². The van der Waals surface area contributed by atoms with Gasteiger partial charge in [0.2, 0.25) is 0 Å². The number of carbonyl (C=O) groups excluding carboxylic acids is 1. The lowest BCUT2D eigenvalue weighted by molar-refractivity contribution is -0.914. The second-order valence-corrected chi connectivity index (χ2v) is 6.64. The van der Waals surface area contributed by atoms with E-state index in [9.17, 15) is 4.79 Å². The summed E-state index contributed by atoms with van der Waals surface area (Å²) >= 11 is 0.